The van der Waals surface area contributed by atoms with Gasteiger partial charge in [-0.25, -0.2) is 0 Å². The van der Waals surface area contributed by atoms with E-state index in [4.69, 9.17) is 21.1 Å². The van der Waals surface area contributed by atoms with Gasteiger partial charge in [-0.15, -0.1) is 0 Å². The fraction of sp³-hybridized carbons (Fsp3) is 0.391. The number of ether oxygens (including phenoxy) is 2. The van der Waals surface area contributed by atoms with Crippen LogP contribution in [0.4, 0.5) is 0 Å². The van der Waals surface area contributed by atoms with Gasteiger partial charge in [0.05, 0.1) is 19.6 Å². The van der Waals surface area contributed by atoms with Crippen LogP contribution in [-0.4, -0.2) is 41.6 Å². The Morgan fingerprint density at radius 2 is 1.93 bits per heavy atom. The van der Waals surface area contributed by atoms with Crippen LogP contribution in [-0.2, 0) is 14.3 Å². The van der Waals surface area contributed by atoms with Gasteiger partial charge in [-0.3, -0.25) is 9.59 Å². The quantitative estimate of drug-likeness (QED) is 0.712. The summed E-state index contributed by atoms with van der Waals surface area (Å²) in [6.45, 7) is 0.589. The third-order valence-electron chi connectivity index (χ3n) is 5.64. The molecule has 0 aromatic heterocycles. The van der Waals surface area contributed by atoms with E-state index in [-0.39, 0.29) is 18.4 Å². The zero-order chi connectivity index (χ0) is 21.3. The van der Waals surface area contributed by atoms with E-state index in [1.54, 1.807) is 19.2 Å². The maximum Gasteiger partial charge on any atom is 0.306 e. The van der Waals surface area contributed by atoms with Crippen molar-refractivity contribution >= 4 is 23.5 Å². The number of benzene rings is 2. The van der Waals surface area contributed by atoms with Gasteiger partial charge in [0, 0.05) is 11.6 Å². The Morgan fingerprint density at radius 1 is 1.20 bits per heavy atom. The molecule has 1 heterocycles. The molecule has 1 saturated heterocycles. The standard InChI is InChI=1S/C23H24ClNO5/c1-29-18-4-2-3-16(11-18)22-21(15-7-9-17(24)10-8-15)25(13-14-5-6-14)23(28)19(30-22)12-20(26)27/h2-4,7-11,14,19,21-22H,5-6,12-13H2,1H3,(H,26,27)/t19-,21-,22-/m1/s1. The first kappa shape index (κ1) is 20.7. The van der Waals surface area contributed by atoms with Crippen molar-refractivity contribution in [2.45, 2.75) is 37.5 Å². The number of hydrogen-bond acceptors (Lipinski definition) is 4. The lowest BCUT2D eigenvalue weighted by molar-refractivity contribution is -0.179. The summed E-state index contributed by atoms with van der Waals surface area (Å²) in [6.07, 6.45) is 0.230. The summed E-state index contributed by atoms with van der Waals surface area (Å²) in [4.78, 5) is 26.5. The summed E-state index contributed by atoms with van der Waals surface area (Å²) < 4.78 is 11.5. The van der Waals surface area contributed by atoms with Crippen molar-refractivity contribution < 1.29 is 24.2 Å². The molecule has 0 radical (unpaired) electrons. The van der Waals surface area contributed by atoms with Crippen molar-refractivity contribution in [3.63, 3.8) is 0 Å². The van der Waals surface area contributed by atoms with E-state index in [1.165, 1.54) is 0 Å². The van der Waals surface area contributed by atoms with Crippen LogP contribution in [0.15, 0.2) is 48.5 Å². The summed E-state index contributed by atoms with van der Waals surface area (Å²) in [5.74, 6) is -0.220. The van der Waals surface area contributed by atoms with Gasteiger partial charge in [0.25, 0.3) is 5.91 Å². The lowest BCUT2D eigenvalue weighted by atomic mass is 9.91. The lowest BCUT2D eigenvalue weighted by Gasteiger charge is -2.45. The predicted molar refractivity (Wildman–Crippen MR) is 111 cm³/mol. The number of halogens is 1. The van der Waals surface area contributed by atoms with E-state index in [9.17, 15) is 14.7 Å². The highest BCUT2D eigenvalue weighted by Crippen LogP contribution is 2.45. The number of methoxy groups -OCH3 is 1. The molecule has 2 aromatic carbocycles. The van der Waals surface area contributed by atoms with E-state index < -0.39 is 18.2 Å². The van der Waals surface area contributed by atoms with Crippen LogP contribution in [0.5, 0.6) is 5.75 Å². The minimum absolute atomic E-state index is 0.275. The molecule has 7 heteroatoms. The molecule has 0 unspecified atom stereocenters. The van der Waals surface area contributed by atoms with Gasteiger partial charge >= 0.3 is 5.97 Å². The molecule has 1 aliphatic heterocycles. The Labute approximate surface area is 180 Å². The molecule has 1 N–H and O–H groups in total. The Hall–Kier alpha value is -2.57. The molecule has 3 atom stereocenters. The van der Waals surface area contributed by atoms with E-state index in [0.29, 0.717) is 23.2 Å². The van der Waals surface area contributed by atoms with Gasteiger partial charge in [-0.1, -0.05) is 35.9 Å². The van der Waals surface area contributed by atoms with E-state index in [1.807, 2.05) is 41.3 Å². The monoisotopic (exact) mass is 429 g/mol. The van der Waals surface area contributed by atoms with Crippen LogP contribution in [0.25, 0.3) is 0 Å². The molecule has 2 aromatic rings. The van der Waals surface area contributed by atoms with Crippen LogP contribution in [0.1, 0.15) is 42.5 Å². The third-order valence-corrected chi connectivity index (χ3v) is 5.89. The second-order valence-electron chi connectivity index (χ2n) is 7.85. The van der Waals surface area contributed by atoms with Gasteiger partial charge in [0.15, 0.2) is 0 Å². The van der Waals surface area contributed by atoms with Gasteiger partial charge < -0.3 is 19.5 Å². The van der Waals surface area contributed by atoms with Gasteiger partial charge in [0.1, 0.15) is 18.0 Å². The minimum Gasteiger partial charge on any atom is -0.497 e. The van der Waals surface area contributed by atoms with Crippen molar-refractivity contribution in [3.8, 4) is 5.75 Å². The van der Waals surface area contributed by atoms with Crippen molar-refractivity contribution in [1.82, 2.24) is 4.90 Å². The van der Waals surface area contributed by atoms with Crippen LogP contribution >= 0.6 is 11.6 Å². The Kier molecular flexibility index (Phi) is 5.97. The molecule has 1 amide bonds. The lowest BCUT2D eigenvalue weighted by Crippen LogP contribution is -2.52. The number of hydrogen-bond donors (Lipinski definition) is 1. The van der Waals surface area contributed by atoms with Crippen molar-refractivity contribution in [3.05, 3.63) is 64.7 Å². The number of carboxylic acids is 1. The molecule has 0 spiro atoms. The van der Waals surface area contributed by atoms with Gasteiger partial charge in [-0.2, -0.15) is 0 Å². The molecule has 158 valence electrons. The molecule has 4 rings (SSSR count). The molecule has 1 saturated carbocycles. The van der Waals surface area contributed by atoms with Gasteiger partial charge in [-0.05, 0) is 54.2 Å². The average Bonchev–Trinajstić information content (AvgIpc) is 3.55. The number of carbonyl (C=O) groups excluding carboxylic acids is 1. The summed E-state index contributed by atoms with van der Waals surface area (Å²) >= 11 is 6.09. The van der Waals surface area contributed by atoms with Crippen molar-refractivity contribution in [2.24, 2.45) is 5.92 Å². The second-order valence-corrected chi connectivity index (χ2v) is 8.29. The number of rotatable bonds is 7. The molecular weight excluding hydrogens is 406 g/mol. The maximum atomic E-state index is 13.3. The first-order chi connectivity index (χ1) is 14.5. The third kappa shape index (κ3) is 4.45. The zero-order valence-corrected chi connectivity index (χ0v) is 17.4. The van der Waals surface area contributed by atoms with Crippen molar-refractivity contribution in [1.29, 1.82) is 0 Å². The second kappa shape index (κ2) is 8.66. The number of morpholine rings is 1. The summed E-state index contributed by atoms with van der Waals surface area (Å²) in [6, 6.07) is 14.5. The first-order valence-electron chi connectivity index (χ1n) is 10.0. The van der Waals surface area contributed by atoms with Crippen molar-refractivity contribution in [2.75, 3.05) is 13.7 Å². The number of carbonyl (C=O) groups is 2. The predicted octanol–water partition coefficient (Wildman–Crippen LogP) is 4.24. The highest BCUT2D eigenvalue weighted by Gasteiger charge is 2.46. The molecule has 30 heavy (non-hydrogen) atoms. The minimum atomic E-state index is -1.06. The summed E-state index contributed by atoms with van der Waals surface area (Å²) in [5.41, 5.74) is 1.73. The van der Waals surface area contributed by atoms with E-state index in [0.717, 1.165) is 24.0 Å². The van der Waals surface area contributed by atoms with Gasteiger partial charge in [0.2, 0.25) is 0 Å². The number of amides is 1. The van der Waals surface area contributed by atoms with Crippen LogP contribution < -0.4 is 4.74 Å². The Morgan fingerprint density at radius 3 is 2.57 bits per heavy atom. The van der Waals surface area contributed by atoms with E-state index >= 15 is 0 Å². The van der Waals surface area contributed by atoms with Crippen LogP contribution in [0, 0.1) is 5.92 Å². The number of aliphatic carboxylic acids is 1. The SMILES string of the molecule is COc1cccc([C@H]2O[C@H](CC(=O)O)C(=O)N(CC3CC3)[C@@H]2c2ccc(Cl)cc2)c1. The zero-order valence-electron chi connectivity index (χ0n) is 16.7. The maximum absolute atomic E-state index is 13.3. The number of carboxylic acid groups (broad SMARTS) is 1. The van der Waals surface area contributed by atoms with Crippen LogP contribution in [0.2, 0.25) is 5.02 Å². The molecule has 1 aliphatic carbocycles. The smallest absolute Gasteiger partial charge is 0.306 e. The molecule has 2 fully saturated rings. The number of nitrogens with zero attached hydrogens (tertiary/aromatic N) is 1. The fourth-order valence-electron chi connectivity index (χ4n) is 3.97. The summed E-state index contributed by atoms with van der Waals surface area (Å²) in [7, 11) is 1.59. The largest absolute Gasteiger partial charge is 0.497 e. The highest BCUT2D eigenvalue weighted by atomic mass is 35.5. The Bertz CT molecular complexity index is 927. The first-order valence-corrected chi connectivity index (χ1v) is 10.4. The highest BCUT2D eigenvalue weighted by molar-refractivity contribution is 6.30. The summed E-state index contributed by atoms with van der Waals surface area (Å²) in [5, 5.41) is 9.94. The Balaban J connectivity index is 1.79. The topological polar surface area (TPSA) is 76.1 Å². The molecule has 2 aliphatic rings. The van der Waals surface area contributed by atoms with E-state index in [2.05, 4.69) is 0 Å². The molecular formula is C23H24ClNO5. The normalized spacial score (nSPS) is 24.0. The average molecular weight is 430 g/mol. The van der Waals surface area contributed by atoms with Crippen LogP contribution in [0.3, 0.4) is 0 Å². The molecule has 0 bridgehead atoms. The fourth-order valence-corrected chi connectivity index (χ4v) is 4.09. The molecule has 6 nitrogen and oxygen atoms in total.